The minimum atomic E-state index is -0.158. The summed E-state index contributed by atoms with van der Waals surface area (Å²) in [5.41, 5.74) is 0.715. The van der Waals surface area contributed by atoms with E-state index in [0.717, 1.165) is 25.7 Å². The molecule has 2 heterocycles. The highest BCUT2D eigenvalue weighted by atomic mass is 16.2. The Labute approximate surface area is 137 Å². The van der Waals surface area contributed by atoms with Gasteiger partial charge in [-0.15, -0.1) is 0 Å². The fourth-order valence-electron chi connectivity index (χ4n) is 2.77. The number of aromatic nitrogens is 1. The molecule has 1 aliphatic rings. The summed E-state index contributed by atoms with van der Waals surface area (Å²) in [4.78, 5) is 30.4. The molecule has 0 aliphatic carbocycles. The van der Waals surface area contributed by atoms with Crippen molar-refractivity contribution in [1.29, 1.82) is 0 Å². The van der Waals surface area contributed by atoms with Gasteiger partial charge in [-0.2, -0.15) is 0 Å². The van der Waals surface area contributed by atoms with Gasteiger partial charge in [0.15, 0.2) is 0 Å². The molecule has 0 saturated carbocycles. The molecule has 1 aromatic heterocycles. The van der Waals surface area contributed by atoms with Crippen LogP contribution in [-0.4, -0.2) is 41.0 Å². The molecule has 2 N–H and O–H groups in total. The van der Waals surface area contributed by atoms with Gasteiger partial charge in [-0.25, -0.2) is 4.79 Å². The number of anilines is 1. The fourth-order valence-corrected chi connectivity index (χ4v) is 2.77. The van der Waals surface area contributed by atoms with Gasteiger partial charge < -0.3 is 15.5 Å². The number of hydrogen-bond donors (Lipinski definition) is 2. The van der Waals surface area contributed by atoms with Crippen molar-refractivity contribution in [3.8, 4) is 0 Å². The van der Waals surface area contributed by atoms with Crippen molar-refractivity contribution >= 4 is 17.6 Å². The first kappa shape index (κ1) is 17.2. The first-order chi connectivity index (χ1) is 11.1. The highest BCUT2D eigenvalue weighted by molar-refractivity contribution is 5.90. The Balaban J connectivity index is 1.92. The van der Waals surface area contributed by atoms with Crippen LogP contribution >= 0.6 is 0 Å². The monoisotopic (exact) mass is 318 g/mol. The van der Waals surface area contributed by atoms with Crippen molar-refractivity contribution in [3.05, 3.63) is 24.5 Å². The van der Waals surface area contributed by atoms with E-state index < -0.39 is 0 Å². The number of hydrogen-bond acceptors (Lipinski definition) is 3. The third-order valence-corrected chi connectivity index (χ3v) is 4.27. The average Bonchev–Trinajstić information content (AvgIpc) is 2.56. The van der Waals surface area contributed by atoms with Crippen LogP contribution in [0.25, 0.3) is 0 Å². The lowest BCUT2D eigenvalue weighted by Crippen LogP contribution is -2.50. The van der Waals surface area contributed by atoms with Gasteiger partial charge in [-0.1, -0.05) is 13.3 Å². The van der Waals surface area contributed by atoms with Crippen LogP contribution in [-0.2, 0) is 4.79 Å². The van der Waals surface area contributed by atoms with E-state index in [0.29, 0.717) is 18.8 Å². The number of urea groups is 1. The number of nitrogens with one attached hydrogen (secondary N) is 2. The maximum atomic E-state index is 12.5. The van der Waals surface area contributed by atoms with Crippen LogP contribution in [0.1, 0.15) is 39.5 Å². The summed E-state index contributed by atoms with van der Waals surface area (Å²) >= 11 is 0. The molecule has 23 heavy (non-hydrogen) atoms. The number of likely N-dealkylation sites (tertiary alicyclic amines) is 1. The lowest BCUT2D eigenvalue weighted by Gasteiger charge is -2.37. The van der Waals surface area contributed by atoms with E-state index in [4.69, 9.17) is 0 Å². The van der Waals surface area contributed by atoms with Gasteiger partial charge in [0.1, 0.15) is 0 Å². The van der Waals surface area contributed by atoms with Crippen LogP contribution < -0.4 is 10.6 Å². The van der Waals surface area contributed by atoms with Crippen molar-refractivity contribution in [2.45, 2.75) is 45.6 Å². The van der Waals surface area contributed by atoms with Crippen molar-refractivity contribution in [2.75, 3.05) is 18.4 Å². The van der Waals surface area contributed by atoms with Gasteiger partial charge in [-0.3, -0.25) is 9.78 Å². The zero-order chi connectivity index (χ0) is 16.7. The number of nitrogens with zero attached hydrogens (tertiary/aromatic N) is 2. The minimum absolute atomic E-state index is 0.0621. The van der Waals surface area contributed by atoms with Gasteiger partial charge in [-0.05, 0) is 38.3 Å². The van der Waals surface area contributed by atoms with E-state index in [9.17, 15) is 9.59 Å². The molecule has 3 amide bonds. The second kappa shape index (κ2) is 8.50. The lowest BCUT2D eigenvalue weighted by molar-refractivity contribution is -0.126. The summed E-state index contributed by atoms with van der Waals surface area (Å²) in [7, 11) is 0. The summed E-state index contributed by atoms with van der Waals surface area (Å²) in [6, 6.07) is 3.48. The van der Waals surface area contributed by atoms with Crippen LogP contribution in [0.15, 0.2) is 24.5 Å². The van der Waals surface area contributed by atoms with Gasteiger partial charge in [0.25, 0.3) is 0 Å². The van der Waals surface area contributed by atoms with Crippen LogP contribution in [0.2, 0.25) is 0 Å². The van der Waals surface area contributed by atoms with E-state index in [2.05, 4.69) is 22.5 Å². The Hall–Kier alpha value is -2.11. The maximum absolute atomic E-state index is 12.5. The smallest absolute Gasteiger partial charge is 0.322 e. The summed E-state index contributed by atoms with van der Waals surface area (Å²) < 4.78 is 0. The SMILES string of the molecule is CCCCNC(=O)C1CCC(C)N(C(=O)Nc2ccncc2)C1. The first-order valence-electron chi connectivity index (χ1n) is 8.37. The molecule has 1 aliphatic heterocycles. The number of pyridine rings is 1. The van der Waals surface area contributed by atoms with Crippen molar-refractivity contribution in [1.82, 2.24) is 15.2 Å². The van der Waals surface area contributed by atoms with Crippen molar-refractivity contribution in [2.24, 2.45) is 5.92 Å². The summed E-state index contributed by atoms with van der Waals surface area (Å²) in [6.45, 7) is 5.30. The van der Waals surface area contributed by atoms with Crippen LogP contribution in [0.3, 0.4) is 0 Å². The molecule has 1 saturated heterocycles. The standard InChI is InChI=1S/C17H26N4O2/c1-3-4-9-19-16(22)14-6-5-13(2)21(12-14)17(23)20-15-7-10-18-11-8-15/h7-8,10-11,13-14H,3-6,9,12H2,1-2H3,(H,19,22)(H,18,20,23). The molecule has 0 radical (unpaired) electrons. The summed E-state index contributed by atoms with van der Waals surface area (Å²) in [5, 5.41) is 5.84. The van der Waals surface area contributed by atoms with Gasteiger partial charge in [0.05, 0.1) is 5.92 Å². The molecule has 0 aromatic carbocycles. The molecule has 2 rings (SSSR count). The number of amides is 3. The van der Waals surface area contributed by atoms with Gasteiger partial charge in [0, 0.05) is 37.2 Å². The predicted octanol–water partition coefficient (Wildman–Crippen LogP) is 2.63. The second-order valence-corrected chi connectivity index (χ2v) is 6.09. The van der Waals surface area contributed by atoms with Crippen LogP contribution in [0.5, 0.6) is 0 Å². The van der Waals surface area contributed by atoms with Crippen LogP contribution in [0, 0.1) is 5.92 Å². The topological polar surface area (TPSA) is 74.3 Å². The molecule has 6 heteroatoms. The molecule has 2 unspecified atom stereocenters. The largest absolute Gasteiger partial charge is 0.356 e. The maximum Gasteiger partial charge on any atom is 0.322 e. The highest BCUT2D eigenvalue weighted by Crippen LogP contribution is 2.23. The molecule has 0 bridgehead atoms. The first-order valence-corrected chi connectivity index (χ1v) is 8.37. The zero-order valence-corrected chi connectivity index (χ0v) is 13.9. The van der Waals surface area contributed by atoms with Crippen LogP contribution in [0.4, 0.5) is 10.5 Å². The average molecular weight is 318 g/mol. The molecule has 6 nitrogen and oxygen atoms in total. The number of carbonyl (C=O) groups excluding carboxylic acids is 2. The molecule has 126 valence electrons. The Bertz CT molecular complexity index is 521. The van der Waals surface area contributed by atoms with E-state index in [1.54, 1.807) is 29.4 Å². The Morgan fingerprint density at radius 3 is 2.74 bits per heavy atom. The van der Waals surface area contributed by atoms with E-state index in [1.165, 1.54) is 0 Å². The normalized spacial score (nSPS) is 20.9. The third-order valence-electron chi connectivity index (χ3n) is 4.27. The predicted molar refractivity (Wildman–Crippen MR) is 90.1 cm³/mol. The zero-order valence-electron chi connectivity index (χ0n) is 13.9. The summed E-state index contributed by atoms with van der Waals surface area (Å²) in [5.74, 6) is -0.0571. The van der Waals surface area contributed by atoms with Crippen molar-refractivity contribution in [3.63, 3.8) is 0 Å². The Morgan fingerprint density at radius 2 is 2.04 bits per heavy atom. The molecular formula is C17H26N4O2. The molecule has 2 atom stereocenters. The molecule has 0 spiro atoms. The van der Waals surface area contributed by atoms with E-state index >= 15 is 0 Å². The minimum Gasteiger partial charge on any atom is -0.356 e. The number of piperidine rings is 1. The Morgan fingerprint density at radius 1 is 1.30 bits per heavy atom. The molecule has 1 fully saturated rings. The number of carbonyl (C=O) groups is 2. The number of unbranched alkanes of at least 4 members (excludes halogenated alkanes) is 1. The molecule has 1 aromatic rings. The van der Waals surface area contributed by atoms with E-state index in [1.807, 2.05) is 6.92 Å². The third kappa shape index (κ3) is 4.94. The second-order valence-electron chi connectivity index (χ2n) is 6.09. The number of rotatable bonds is 5. The summed E-state index contributed by atoms with van der Waals surface area (Å²) in [6.07, 6.45) is 7.00. The van der Waals surface area contributed by atoms with Gasteiger partial charge in [0.2, 0.25) is 5.91 Å². The fraction of sp³-hybridized carbons (Fsp3) is 0.588. The Kier molecular flexibility index (Phi) is 6.38. The van der Waals surface area contributed by atoms with Gasteiger partial charge >= 0.3 is 6.03 Å². The molecular weight excluding hydrogens is 292 g/mol. The van der Waals surface area contributed by atoms with Crippen molar-refractivity contribution < 1.29 is 9.59 Å². The quantitative estimate of drug-likeness (QED) is 0.820. The van der Waals surface area contributed by atoms with E-state index in [-0.39, 0.29) is 23.9 Å². The highest BCUT2D eigenvalue weighted by Gasteiger charge is 2.32. The lowest BCUT2D eigenvalue weighted by atomic mass is 9.93.